The van der Waals surface area contributed by atoms with Crippen molar-refractivity contribution >= 4 is 22.7 Å². The molecule has 8 nitrogen and oxygen atoms in total. The molecule has 32 heavy (non-hydrogen) atoms. The van der Waals surface area contributed by atoms with Gasteiger partial charge < -0.3 is 19.0 Å². The number of allylic oxidation sites excluding steroid dienone is 2. The molecule has 1 unspecified atom stereocenters. The van der Waals surface area contributed by atoms with E-state index in [0.29, 0.717) is 18.1 Å². The number of ether oxygens (including phenoxy) is 2. The maximum absolute atomic E-state index is 12.0. The molecule has 1 aliphatic carbocycles. The highest BCUT2D eigenvalue weighted by Gasteiger charge is 2.25. The van der Waals surface area contributed by atoms with Crippen LogP contribution in [0.15, 0.2) is 41.2 Å². The summed E-state index contributed by atoms with van der Waals surface area (Å²) in [6.45, 7) is 1.47. The largest absolute Gasteiger partial charge is 0.464 e. The summed E-state index contributed by atoms with van der Waals surface area (Å²) in [6.07, 6.45) is 7.09. The average Bonchev–Trinajstić information content (AvgIpc) is 3.12. The molecule has 166 valence electrons. The maximum Gasteiger partial charge on any atom is 0.356 e. The lowest BCUT2D eigenvalue weighted by molar-refractivity contribution is -0.0591. The third kappa shape index (κ3) is 4.10. The van der Waals surface area contributed by atoms with Crippen LogP contribution in [0.25, 0.3) is 16.7 Å². The van der Waals surface area contributed by atoms with Crippen LogP contribution in [-0.2, 0) is 22.4 Å². The minimum atomic E-state index is -0.454. The summed E-state index contributed by atoms with van der Waals surface area (Å²) in [4.78, 5) is 35.9. The molecule has 4 heterocycles. The fraction of sp³-hybridized carbons (Fsp3) is 0.417. The Hall–Kier alpha value is -3.26. The predicted molar refractivity (Wildman–Crippen MR) is 119 cm³/mol. The summed E-state index contributed by atoms with van der Waals surface area (Å²) in [5.74, 6) is 0.970. The van der Waals surface area contributed by atoms with Crippen LogP contribution in [0, 0.1) is 5.92 Å². The number of hydrogen-bond acceptors (Lipinski definition) is 6. The number of esters is 1. The summed E-state index contributed by atoms with van der Waals surface area (Å²) in [5, 5.41) is 0. The van der Waals surface area contributed by atoms with E-state index in [4.69, 9.17) is 14.5 Å². The Labute approximate surface area is 185 Å². The van der Waals surface area contributed by atoms with Gasteiger partial charge in [-0.05, 0) is 55.4 Å². The summed E-state index contributed by atoms with van der Waals surface area (Å²) in [5.41, 5.74) is 3.79. The van der Waals surface area contributed by atoms with Gasteiger partial charge in [0.25, 0.3) is 0 Å². The number of aromatic nitrogens is 4. The molecule has 0 radical (unpaired) electrons. The molecule has 1 N–H and O–H groups in total. The average molecular weight is 434 g/mol. The van der Waals surface area contributed by atoms with Gasteiger partial charge in [0.05, 0.1) is 19.8 Å². The Balaban J connectivity index is 1.40. The third-order valence-electron chi connectivity index (χ3n) is 6.35. The molecule has 3 aromatic rings. The van der Waals surface area contributed by atoms with Gasteiger partial charge in [-0.1, -0.05) is 12.1 Å². The van der Waals surface area contributed by atoms with Crippen LogP contribution >= 0.6 is 0 Å². The third-order valence-corrected chi connectivity index (χ3v) is 6.35. The molecule has 8 heteroatoms. The van der Waals surface area contributed by atoms with Gasteiger partial charge in [-0.15, -0.1) is 0 Å². The van der Waals surface area contributed by atoms with Crippen LogP contribution in [0.5, 0.6) is 0 Å². The molecule has 2 aliphatic rings. The molecule has 1 fully saturated rings. The minimum absolute atomic E-state index is 0.0729. The van der Waals surface area contributed by atoms with Crippen molar-refractivity contribution in [3.05, 3.63) is 64.0 Å². The maximum atomic E-state index is 12.0. The number of pyridine rings is 2. The first kappa shape index (κ1) is 20.6. The van der Waals surface area contributed by atoms with Crippen LogP contribution in [0.1, 0.15) is 47.7 Å². The number of fused-ring (bicyclic) bond motifs is 1. The van der Waals surface area contributed by atoms with Crippen molar-refractivity contribution in [2.45, 2.75) is 44.8 Å². The number of imidazole rings is 1. The molecule has 0 spiro atoms. The van der Waals surface area contributed by atoms with Crippen LogP contribution in [0.2, 0.25) is 0 Å². The summed E-state index contributed by atoms with van der Waals surface area (Å²) < 4.78 is 12.6. The Morgan fingerprint density at radius 2 is 2.12 bits per heavy atom. The van der Waals surface area contributed by atoms with Gasteiger partial charge in [-0.2, -0.15) is 0 Å². The Morgan fingerprint density at radius 1 is 1.25 bits per heavy atom. The fourth-order valence-electron chi connectivity index (χ4n) is 4.46. The van der Waals surface area contributed by atoms with Crippen LogP contribution in [-0.4, -0.2) is 45.3 Å². The highest BCUT2D eigenvalue weighted by Crippen LogP contribution is 2.32. The van der Waals surface area contributed by atoms with Gasteiger partial charge in [-0.3, -0.25) is 4.79 Å². The number of carbonyl (C=O) groups excluding carboxylic acids is 1. The van der Waals surface area contributed by atoms with Crippen molar-refractivity contribution < 1.29 is 14.3 Å². The number of H-pyrrole nitrogens is 1. The van der Waals surface area contributed by atoms with Gasteiger partial charge in [0.2, 0.25) is 5.56 Å². The first-order chi connectivity index (χ1) is 15.6. The molecular weight excluding hydrogens is 408 g/mol. The number of nitrogens with one attached hydrogen (secondary N) is 1. The molecule has 2 atom stereocenters. The molecule has 0 amide bonds. The Bertz CT molecular complexity index is 1240. The van der Waals surface area contributed by atoms with E-state index in [0.717, 1.165) is 55.7 Å². The van der Waals surface area contributed by atoms with Crippen molar-refractivity contribution in [3.63, 3.8) is 0 Å². The number of methoxy groups -OCH3 is 1. The number of rotatable bonds is 6. The summed E-state index contributed by atoms with van der Waals surface area (Å²) in [6, 6.07) is 8.77. The zero-order valence-electron chi connectivity index (χ0n) is 18.0. The van der Waals surface area contributed by atoms with Crippen molar-refractivity contribution in [2.75, 3.05) is 13.7 Å². The van der Waals surface area contributed by atoms with Crippen molar-refractivity contribution in [1.29, 1.82) is 0 Å². The standard InChI is InChI=1S/C24H26N4O4/c1-31-24(30)20-10-9-19-23(27-20)28(14-17-11-12-32-17)21(25-19)13-15-5-7-16(8-6-15)18-3-2-4-22(29)26-18/h2-4,7,9-10,15,17H,5-6,8,11-14H2,1H3,(H,26,29)/t15?,17-/m0/s1. The van der Waals surface area contributed by atoms with Crippen LogP contribution in [0.4, 0.5) is 0 Å². The topological polar surface area (TPSA) is 99.1 Å². The molecular formula is C24H26N4O4. The van der Waals surface area contributed by atoms with E-state index >= 15 is 0 Å². The first-order valence-corrected chi connectivity index (χ1v) is 11.1. The zero-order valence-corrected chi connectivity index (χ0v) is 18.0. The van der Waals surface area contributed by atoms with E-state index in [9.17, 15) is 9.59 Å². The van der Waals surface area contributed by atoms with E-state index in [2.05, 4.69) is 20.6 Å². The van der Waals surface area contributed by atoms with Gasteiger partial charge in [0.1, 0.15) is 11.3 Å². The van der Waals surface area contributed by atoms with E-state index in [-0.39, 0.29) is 17.4 Å². The molecule has 5 rings (SSSR count). The van der Waals surface area contributed by atoms with Gasteiger partial charge >= 0.3 is 5.97 Å². The second-order valence-electron chi connectivity index (χ2n) is 8.45. The lowest BCUT2D eigenvalue weighted by Gasteiger charge is -2.28. The highest BCUT2D eigenvalue weighted by atomic mass is 16.5. The fourth-order valence-corrected chi connectivity index (χ4v) is 4.46. The van der Waals surface area contributed by atoms with Gasteiger partial charge in [0, 0.05) is 24.8 Å². The van der Waals surface area contributed by atoms with E-state index in [1.165, 1.54) is 18.7 Å². The molecule has 1 aliphatic heterocycles. The lowest BCUT2D eigenvalue weighted by atomic mass is 9.86. The lowest BCUT2D eigenvalue weighted by Crippen LogP contribution is -2.32. The Kier molecular flexibility index (Phi) is 5.61. The Morgan fingerprint density at radius 3 is 2.81 bits per heavy atom. The molecule has 3 aromatic heterocycles. The minimum Gasteiger partial charge on any atom is -0.464 e. The molecule has 0 bridgehead atoms. The van der Waals surface area contributed by atoms with Crippen LogP contribution < -0.4 is 5.56 Å². The smallest absolute Gasteiger partial charge is 0.356 e. The predicted octanol–water partition coefficient (Wildman–Crippen LogP) is 3.12. The number of nitrogens with zero attached hydrogens (tertiary/aromatic N) is 3. The number of carbonyl (C=O) groups is 1. The van der Waals surface area contributed by atoms with E-state index in [1.54, 1.807) is 12.1 Å². The molecule has 0 aromatic carbocycles. The first-order valence-electron chi connectivity index (χ1n) is 11.1. The monoisotopic (exact) mass is 434 g/mol. The highest BCUT2D eigenvalue weighted by molar-refractivity contribution is 5.89. The summed E-state index contributed by atoms with van der Waals surface area (Å²) >= 11 is 0. The van der Waals surface area contributed by atoms with E-state index < -0.39 is 5.97 Å². The normalized spacial score (nSPS) is 20.6. The molecule has 1 saturated heterocycles. The van der Waals surface area contributed by atoms with Crippen molar-refractivity contribution in [3.8, 4) is 0 Å². The SMILES string of the molecule is COC(=O)c1ccc2nc(CC3CC=C(c4cccc(=O)[nH]4)CC3)n(C[C@@H]3CCO3)c2n1. The zero-order chi connectivity index (χ0) is 22.1. The second kappa shape index (κ2) is 8.70. The van der Waals surface area contributed by atoms with Crippen LogP contribution in [0.3, 0.4) is 0 Å². The second-order valence-corrected chi connectivity index (χ2v) is 8.45. The van der Waals surface area contributed by atoms with Crippen molar-refractivity contribution in [1.82, 2.24) is 19.5 Å². The van der Waals surface area contributed by atoms with Gasteiger partial charge in [-0.25, -0.2) is 14.8 Å². The van der Waals surface area contributed by atoms with E-state index in [1.807, 2.05) is 12.1 Å². The number of hydrogen-bond donors (Lipinski definition) is 1. The van der Waals surface area contributed by atoms with Crippen molar-refractivity contribution in [2.24, 2.45) is 5.92 Å². The number of aromatic amines is 1. The molecule has 0 saturated carbocycles. The van der Waals surface area contributed by atoms with Gasteiger partial charge in [0.15, 0.2) is 11.3 Å². The summed E-state index contributed by atoms with van der Waals surface area (Å²) in [7, 11) is 1.36. The quantitative estimate of drug-likeness (QED) is 0.599.